The number of hydrogen-bond donors (Lipinski definition) is 2. The minimum absolute atomic E-state index is 0.00981. The Morgan fingerprint density at radius 3 is 2.45 bits per heavy atom. The van der Waals surface area contributed by atoms with Crippen LogP contribution in [0.4, 0.5) is 18.9 Å². The average Bonchev–Trinajstić information content (AvgIpc) is 2.38. The van der Waals surface area contributed by atoms with Crippen LogP contribution in [0.5, 0.6) is 0 Å². The summed E-state index contributed by atoms with van der Waals surface area (Å²) in [5.74, 6) is -1.92. The lowest BCUT2D eigenvalue weighted by atomic mass is 10.3. The zero-order chi connectivity index (χ0) is 15.3. The van der Waals surface area contributed by atoms with Gasteiger partial charge in [0, 0.05) is 6.04 Å². The molecule has 1 aromatic heterocycles. The summed E-state index contributed by atoms with van der Waals surface area (Å²) < 4.78 is 36.8. The molecule has 2 N–H and O–H groups in total. The molecule has 0 saturated heterocycles. The van der Waals surface area contributed by atoms with E-state index in [-0.39, 0.29) is 5.69 Å². The molecule has 1 aromatic rings. The van der Waals surface area contributed by atoms with Crippen LogP contribution in [-0.4, -0.2) is 22.8 Å². The summed E-state index contributed by atoms with van der Waals surface area (Å²) in [5.41, 5.74) is -1.09. The second-order valence-electron chi connectivity index (χ2n) is 3.88. The SMILES string of the molecule is C=CC(C)NC(=O)C(=O)Nc1ccc(C(F)(F)F)nc1. The van der Waals surface area contributed by atoms with Gasteiger partial charge < -0.3 is 10.6 Å². The van der Waals surface area contributed by atoms with Gasteiger partial charge in [-0.05, 0) is 19.1 Å². The zero-order valence-corrected chi connectivity index (χ0v) is 10.5. The van der Waals surface area contributed by atoms with Gasteiger partial charge in [-0.3, -0.25) is 9.59 Å². The lowest BCUT2D eigenvalue weighted by Gasteiger charge is -2.10. The highest BCUT2D eigenvalue weighted by molar-refractivity contribution is 6.39. The van der Waals surface area contributed by atoms with E-state index >= 15 is 0 Å². The molecule has 0 aliphatic heterocycles. The van der Waals surface area contributed by atoms with Crippen molar-refractivity contribution in [2.45, 2.75) is 19.1 Å². The highest BCUT2D eigenvalue weighted by atomic mass is 19.4. The van der Waals surface area contributed by atoms with Gasteiger partial charge in [0.25, 0.3) is 0 Å². The van der Waals surface area contributed by atoms with Crippen LogP contribution < -0.4 is 10.6 Å². The van der Waals surface area contributed by atoms with Crippen LogP contribution in [0.3, 0.4) is 0 Å². The Bertz CT molecular complexity index is 512. The smallest absolute Gasteiger partial charge is 0.342 e. The number of amides is 2. The molecule has 0 radical (unpaired) electrons. The molecule has 0 bridgehead atoms. The van der Waals surface area contributed by atoms with Crippen molar-refractivity contribution in [3.8, 4) is 0 Å². The number of pyridine rings is 1. The molecule has 0 aliphatic rings. The molecule has 1 unspecified atom stereocenters. The highest BCUT2D eigenvalue weighted by Crippen LogP contribution is 2.27. The van der Waals surface area contributed by atoms with Gasteiger partial charge in [0.1, 0.15) is 5.69 Å². The van der Waals surface area contributed by atoms with E-state index < -0.39 is 29.7 Å². The van der Waals surface area contributed by atoms with E-state index in [1.807, 2.05) is 0 Å². The number of rotatable bonds is 3. The van der Waals surface area contributed by atoms with E-state index in [9.17, 15) is 22.8 Å². The molecule has 1 heterocycles. The first-order valence-corrected chi connectivity index (χ1v) is 5.51. The maximum atomic E-state index is 12.3. The first-order chi connectivity index (χ1) is 9.24. The third-order valence-corrected chi connectivity index (χ3v) is 2.23. The van der Waals surface area contributed by atoms with Crippen LogP contribution in [0.25, 0.3) is 0 Å². The van der Waals surface area contributed by atoms with Gasteiger partial charge in [-0.15, -0.1) is 6.58 Å². The Kier molecular flexibility index (Phi) is 4.84. The number of nitrogens with one attached hydrogen (secondary N) is 2. The Hall–Kier alpha value is -2.38. The van der Waals surface area contributed by atoms with Gasteiger partial charge in [0.05, 0.1) is 11.9 Å². The maximum absolute atomic E-state index is 12.3. The van der Waals surface area contributed by atoms with Gasteiger partial charge in [0.2, 0.25) is 0 Å². The normalized spacial score (nSPS) is 12.4. The van der Waals surface area contributed by atoms with Crippen molar-refractivity contribution in [3.63, 3.8) is 0 Å². The third kappa shape index (κ3) is 4.38. The Balaban J connectivity index is 2.67. The van der Waals surface area contributed by atoms with E-state index in [4.69, 9.17) is 0 Å². The van der Waals surface area contributed by atoms with E-state index in [2.05, 4.69) is 22.2 Å². The number of carbonyl (C=O) groups is 2. The second-order valence-corrected chi connectivity index (χ2v) is 3.88. The third-order valence-electron chi connectivity index (χ3n) is 2.23. The largest absolute Gasteiger partial charge is 0.433 e. The Morgan fingerprint density at radius 1 is 1.35 bits per heavy atom. The molecular formula is C12H12F3N3O2. The van der Waals surface area contributed by atoms with Crippen LogP contribution in [0.2, 0.25) is 0 Å². The Labute approximate surface area is 112 Å². The predicted molar refractivity (Wildman–Crippen MR) is 65.7 cm³/mol. The predicted octanol–water partition coefficient (Wildman–Crippen LogP) is 1.73. The van der Waals surface area contributed by atoms with Crippen molar-refractivity contribution >= 4 is 17.5 Å². The average molecular weight is 287 g/mol. The van der Waals surface area contributed by atoms with Crippen LogP contribution in [-0.2, 0) is 15.8 Å². The van der Waals surface area contributed by atoms with Crippen LogP contribution >= 0.6 is 0 Å². The Morgan fingerprint density at radius 2 is 2.00 bits per heavy atom. The zero-order valence-electron chi connectivity index (χ0n) is 10.5. The number of nitrogens with zero attached hydrogens (tertiary/aromatic N) is 1. The molecule has 108 valence electrons. The van der Waals surface area contributed by atoms with Crippen molar-refractivity contribution < 1.29 is 22.8 Å². The van der Waals surface area contributed by atoms with E-state index in [0.717, 1.165) is 12.3 Å². The lowest BCUT2D eigenvalue weighted by Crippen LogP contribution is -2.39. The number of anilines is 1. The van der Waals surface area contributed by atoms with Crippen molar-refractivity contribution in [3.05, 3.63) is 36.7 Å². The summed E-state index contributed by atoms with van der Waals surface area (Å²) in [6.07, 6.45) is -2.31. The summed E-state index contributed by atoms with van der Waals surface area (Å²) >= 11 is 0. The molecule has 0 aliphatic carbocycles. The second kappa shape index (κ2) is 6.18. The highest BCUT2D eigenvalue weighted by Gasteiger charge is 2.32. The summed E-state index contributed by atoms with van der Waals surface area (Å²) in [4.78, 5) is 26.0. The quantitative estimate of drug-likeness (QED) is 0.657. The van der Waals surface area contributed by atoms with Gasteiger partial charge in [-0.25, -0.2) is 4.98 Å². The molecule has 1 rings (SSSR count). The van der Waals surface area contributed by atoms with E-state index in [0.29, 0.717) is 6.07 Å². The number of hydrogen-bond acceptors (Lipinski definition) is 3. The van der Waals surface area contributed by atoms with E-state index in [1.165, 1.54) is 6.08 Å². The number of halogens is 3. The minimum Gasteiger partial charge on any atom is -0.342 e. The fourth-order valence-electron chi connectivity index (χ4n) is 1.15. The summed E-state index contributed by atoms with van der Waals surface area (Å²) in [7, 11) is 0. The van der Waals surface area contributed by atoms with Gasteiger partial charge >= 0.3 is 18.0 Å². The van der Waals surface area contributed by atoms with Crippen molar-refractivity contribution in [2.75, 3.05) is 5.32 Å². The molecule has 0 spiro atoms. The number of carbonyl (C=O) groups excluding carboxylic acids is 2. The first kappa shape index (κ1) is 15.7. The van der Waals surface area contributed by atoms with Crippen molar-refractivity contribution in [1.29, 1.82) is 0 Å². The molecule has 5 nitrogen and oxygen atoms in total. The van der Waals surface area contributed by atoms with Crippen LogP contribution in [0, 0.1) is 0 Å². The first-order valence-electron chi connectivity index (χ1n) is 5.51. The van der Waals surface area contributed by atoms with Gasteiger partial charge in [-0.2, -0.15) is 13.2 Å². The summed E-state index contributed by atoms with van der Waals surface area (Å²) in [6, 6.07) is 1.32. The minimum atomic E-state index is -4.56. The molecule has 20 heavy (non-hydrogen) atoms. The number of alkyl halides is 3. The van der Waals surface area contributed by atoms with Crippen molar-refractivity contribution in [1.82, 2.24) is 10.3 Å². The molecule has 8 heteroatoms. The standard InChI is InChI=1S/C12H12F3N3O2/c1-3-7(2)17-10(19)11(20)18-8-4-5-9(16-6-8)12(13,14)15/h3-7H,1H2,2H3,(H,17,19)(H,18,20). The summed E-state index contributed by atoms with van der Waals surface area (Å²) in [5, 5.41) is 4.45. The molecule has 0 saturated carbocycles. The van der Waals surface area contributed by atoms with Crippen LogP contribution in [0.15, 0.2) is 31.0 Å². The maximum Gasteiger partial charge on any atom is 0.433 e. The molecule has 2 amide bonds. The van der Waals surface area contributed by atoms with Crippen LogP contribution in [0.1, 0.15) is 12.6 Å². The molecule has 0 aromatic carbocycles. The van der Waals surface area contributed by atoms with Gasteiger partial charge in [-0.1, -0.05) is 6.08 Å². The van der Waals surface area contributed by atoms with Crippen molar-refractivity contribution in [2.24, 2.45) is 0 Å². The number of aromatic nitrogens is 1. The fourth-order valence-corrected chi connectivity index (χ4v) is 1.15. The monoisotopic (exact) mass is 287 g/mol. The van der Waals surface area contributed by atoms with E-state index in [1.54, 1.807) is 6.92 Å². The molecular weight excluding hydrogens is 275 g/mol. The summed E-state index contributed by atoms with van der Waals surface area (Å²) in [6.45, 7) is 5.04. The molecule has 1 atom stereocenters. The fraction of sp³-hybridized carbons (Fsp3) is 0.250. The molecule has 0 fully saturated rings. The van der Waals surface area contributed by atoms with Gasteiger partial charge in [0.15, 0.2) is 0 Å². The lowest BCUT2D eigenvalue weighted by molar-refractivity contribution is -0.141. The topological polar surface area (TPSA) is 71.1 Å².